The van der Waals surface area contributed by atoms with Gasteiger partial charge in [-0.05, 0) is 19.3 Å². The largest absolute Gasteiger partial charge is 0.391 e. The minimum Gasteiger partial charge on any atom is -0.271 e. The SMILES string of the molecule is NNC1CCC(C(F)(F)F)C1. The molecule has 5 heteroatoms. The molecular formula is C6H11F3N2. The molecule has 0 aromatic rings. The van der Waals surface area contributed by atoms with Gasteiger partial charge in [-0.1, -0.05) is 0 Å². The Kier molecular flexibility index (Phi) is 2.39. The van der Waals surface area contributed by atoms with E-state index < -0.39 is 12.1 Å². The fourth-order valence-corrected chi connectivity index (χ4v) is 1.43. The smallest absolute Gasteiger partial charge is 0.271 e. The second-order valence-electron chi connectivity index (χ2n) is 2.92. The van der Waals surface area contributed by atoms with Gasteiger partial charge in [-0.3, -0.25) is 11.3 Å². The highest BCUT2D eigenvalue weighted by molar-refractivity contribution is 4.82. The van der Waals surface area contributed by atoms with Crippen molar-refractivity contribution in [1.29, 1.82) is 0 Å². The molecule has 0 saturated heterocycles. The average molecular weight is 168 g/mol. The second kappa shape index (κ2) is 2.98. The van der Waals surface area contributed by atoms with E-state index in [2.05, 4.69) is 5.43 Å². The van der Waals surface area contributed by atoms with Crippen molar-refractivity contribution in [3.8, 4) is 0 Å². The summed E-state index contributed by atoms with van der Waals surface area (Å²) in [6, 6.07) is -0.151. The molecule has 0 spiro atoms. The van der Waals surface area contributed by atoms with Crippen LogP contribution in [0, 0.1) is 5.92 Å². The Bertz CT molecular complexity index is 134. The first kappa shape index (κ1) is 8.80. The first-order valence-corrected chi connectivity index (χ1v) is 3.57. The summed E-state index contributed by atoms with van der Waals surface area (Å²) < 4.78 is 36.0. The van der Waals surface area contributed by atoms with Crippen molar-refractivity contribution in [1.82, 2.24) is 5.43 Å². The van der Waals surface area contributed by atoms with Crippen LogP contribution in [0.4, 0.5) is 13.2 Å². The Hall–Kier alpha value is -0.290. The van der Waals surface area contributed by atoms with Crippen molar-refractivity contribution in [2.45, 2.75) is 31.5 Å². The maximum absolute atomic E-state index is 12.0. The summed E-state index contributed by atoms with van der Waals surface area (Å²) in [4.78, 5) is 0. The minimum atomic E-state index is -4.04. The lowest BCUT2D eigenvalue weighted by Crippen LogP contribution is -2.33. The van der Waals surface area contributed by atoms with Crippen LogP contribution in [0.3, 0.4) is 0 Å². The van der Waals surface area contributed by atoms with E-state index in [-0.39, 0.29) is 18.9 Å². The van der Waals surface area contributed by atoms with E-state index in [1.807, 2.05) is 0 Å². The molecule has 1 rings (SSSR count). The van der Waals surface area contributed by atoms with Gasteiger partial charge in [-0.15, -0.1) is 0 Å². The summed E-state index contributed by atoms with van der Waals surface area (Å²) >= 11 is 0. The van der Waals surface area contributed by atoms with E-state index in [4.69, 9.17) is 5.84 Å². The molecule has 11 heavy (non-hydrogen) atoms. The maximum atomic E-state index is 12.0. The van der Waals surface area contributed by atoms with Crippen molar-refractivity contribution >= 4 is 0 Å². The highest BCUT2D eigenvalue weighted by atomic mass is 19.4. The van der Waals surface area contributed by atoms with E-state index in [1.165, 1.54) is 0 Å². The van der Waals surface area contributed by atoms with Gasteiger partial charge in [0, 0.05) is 6.04 Å². The van der Waals surface area contributed by atoms with Gasteiger partial charge in [0.2, 0.25) is 0 Å². The number of hydrazine groups is 1. The third-order valence-electron chi connectivity index (χ3n) is 2.13. The lowest BCUT2D eigenvalue weighted by molar-refractivity contribution is -0.172. The lowest BCUT2D eigenvalue weighted by Gasteiger charge is -2.13. The Morgan fingerprint density at radius 1 is 1.27 bits per heavy atom. The van der Waals surface area contributed by atoms with Gasteiger partial charge in [0.15, 0.2) is 0 Å². The minimum absolute atomic E-state index is 0.125. The molecule has 1 fully saturated rings. The number of rotatable bonds is 1. The Balaban J connectivity index is 2.42. The molecule has 1 saturated carbocycles. The maximum Gasteiger partial charge on any atom is 0.391 e. The Morgan fingerprint density at radius 2 is 1.91 bits per heavy atom. The number of alkyl halides is 3. The Morgan fingerprint density at radius 3 is 2.18 bits per heavy atom. The molecule has 2 nitrogen and oxygen atoms in total. The number of nitrogens with two attached hydrogens (primary N) is 1. The molecule has 0 amide bonds. The van der Waals surface area contributed by atoms with Crippen LogP contribution in [0.2, 0.25) is 0 Å². The zero-order valence-electron chi connectivity index (χ0n) is 5.99. The normalized spacial score (nSPS) is 32.7. The van der Waals surface area contributed by atoms with Crippen LogP contribution >= 0.6 is 0 Å². The fourth-order valence-electron chi connectivity index (χ4n) is 1.43. The van der Waals surface area contributed by atoms with Crippen LogP contribution in [-0.4, -0.2) is 12.2 Å². The van der Waals surface area contributed by atoms with E-state index >= 15 is 0 Å². The van der Waals surface area contributed by atoms with Crippen LogP contribution in [0.25, 0.3) is 0 Å². The molecule has 0 radical (unpaired) electrons. The van der Waals surface area contributed by atoms with Gasteiger partial charge >= 0.3 is 6.18 Å². The molecular weight excluding hydrogens is 157 g/mol. The van der Waals surface area contributed by atoms with Crippen LogP contribution in [0.1, 0.15) is 19.3 Å². The number of hydrogen-bond acceptors (Lipinski definition) is 2. The van der Waals surface area contributed by atoms with Gasteiger partial charge < -0.3 is 0 Å². The summed E-state index contributed by atoms with van der Waals surface area (Å²) in [5, 5.41) is 0. The molecule has 1 aliphatic rings. The molecule has 0 aliphatic heterocycles. The third-order valence-corrected chi connectivity index (χ3v) is 2.13. The highest BCUT2D eigenvalue weighted by Gasteiger charge is 2.43. The molecule has 0 aromatic heterocycles. The van der Waals surface area contributed by atoms with Gasteiger partial charge in [0.05, 0.1) is 5.92 Å². The molecule has 3 N–H and O–H groups in total. The summed E-state index contributed by atoms with van der Waals surface area (Å²) in [6.45, 7) is 0. The standard InChI is InChI=1S/C6H11F3N2/c7-6(8,9)4-1-2-5(3-4)11-10/h4-5,11H,1-3,10H2. The summed E-state index contributed by atoms with van der Waals surface area (Å²) in [5.41, 5.74) is 2.37. The van der Waals surface area contributed by atoms with Crippen LogP contribution < -0.4 is 11.3 Å². The molecule has 66 valence electrons. The summed E-state index contributed by atoms with van der Waals surface area (Å²) in [7, 11) is 0. The van der Waals surface area contributed by atoms with E-state index in [0.717, 1.165) is 0 Å². The zero-order valence-corrected chi connectivity index (χ0v) is 5.99. The predicted molar refractivity (Wildman–Crippen MR) is 34.5 cm³/mol. The average Bonchev–Trinajstić information content (AvgIpc) is 2.32. The van der Waals surface area contributed by atoms with Crippen LogP contribution in [-0.2, 0) is 0 Å². The predicted octanol–water partition coefficient (Wildman–Crippen LogP) is 1.18. The van der Waals surface area contributed by atoms with Gasteiger partial charge in [-0.25, -0.2) is 0 Å². The topological polar surface area (TPSA) is 38.0 Å². The van der Waals surface area contributed by atoms with Crippen molar-refractivity contribution < 1.29 is 13.2 Å². The number of halogens is 3. The fraction of sp³-hybridized carbons (Fsp3) is 1.00. The van der Waals surface area contributed by atoms with Crippen molar-refractivity contribution in [3.05, 3.63) is 0 Å². The van der Waals surface area contributed by atoms with E-state index in [1.54, 1.807) is 0 Å². The number of nitrogens with one attached hydrogen (secondary N) is 1. The summed E-state index contributed by atoms with van der Waals surface area (Å²) in [6.07, 6.45) is -3.18. The van der Waals surface area contributed by atoms with Crippen LogP contribution in [0.15, 0.2) is 0 Å². The highest BCUT2D eigenvalue weighted by Crippen LogP contribution is 2.38. The number of hydrogen-bond donors (Lipinski definition) is 2. The lowest BCUT2D eigenvalue weighted by atomic mass is 10.1. The third kappa shape index (κ3) is 2.07. The molecule has 0 bridgehead atoms. The van der Waals surface area contributed by atoms with Crippen molar-refractivity contribution in [2.75, 3.05) is 0 Å². The van der Waals surface area contributed by atoms with Gasteiger partial charge in [0.1, 0.15) is 0 Å². The molecule has 1 aliphatic carbocycles. The van der Waals surface area contributed by atoms with Gasteiger partial charge in [0.25, 0.3) is 0 Å². The van der Waals surface area contributed by atoms with Crippen molar-refractivity contribution in [2.24, 2.45) is 11.8 Å². The first-order chi connectivity index (χ1) is 5.04. The molecule has 0 aromatic carbocycles. The second-order valence-corrected chi connectivity index (χ2v) is 2.92. The molecule has 2 atom stereocenters. The van der Waals surface area contributed by atoms with Gasteiger partial charge in [-0.2, -0.15) is 13.2 Å². The first-order valence-electron chi connectivity index (χ1n) is 3.57. The van der Waals surface area contributed by atoms with Crippen LogP contribution in [0.5, 0.6) is 0 Å². The Labute approximate surface area is 62.9 Å². The molecule has 0 heterocycles. The summed E-state index contributed by atoms with van der Waals surface area (Å²) in [5.74, 6) is 3.87. The van der Waals surface area contributed by atoms with Crippen molar-refractivity contribution in [3.63, 3.8) is 0 Å². The van der Waals surface area contributed by atoms with E-state index in [0.29, 0.717) is 6.42 Å². The zero-order chi connectivity index (χ0) is 8.48. The molecule has 2 unspecified atom stereocenters. The monoisotopic (exact) mass is 168 g/mol. The van der Waals surface area contributed by atoms with E-state index in [9.17, 15) is 13.2 Å². The quantitative estimate of drug-likeness (QED) is 0.455.